The Balaban J connectivity index is 0.925. The van der Waals surface area contributed by atoms with Gasteiger partial charge < -0.3 is 8.83 Å². The Morgan fingerprint density at radius 3 is 1.47 bits per heavy atom. The smallest absolute Gasteiger partial charge is 0.164 e. The van der Waals surface area contributed by atoms with Crippen LogP contribution in [-0.2, 0) is 0 Å². The number of hydrogen-bond acceptors (Lipinski definition) is 5. The monoisotopic (exact) mass is 867 g/mol. The molecule has 3 heterocycles. The number of furan rings is 2. The van der Waals surface area contributed by atoms with Crippen LogP contribution in [0.5, 0.6) is 0 Å². The molecule has 0 N–H and O–H groups in total. The number of para-hydroxylation sites is 1. The Kier molecular flexibility index (Phi) is 8.52. The molecule has 14 aromatic rings. The Bertz CT molecular complexity index is 4290. The van der Waals surface area contributed by atoms with Crippen molar-refractivity contribution in [3.63, 3.8) is 0 Å². The fraction of sp³-hybridized carbons (Fsp3) is 0. The molecule has 0 fully saturated rings. The third-order valence-corrected chi connectivity index (χ3v) is 13.5. The van der Waals surface area contributed by atoms with Gasteiger partial charge in [0.05, 0.1) is 0 Å². The van der Waals surface area contributed by atoms with Crippen molar-refractivity contribution in [2.24, 2.45) is 0 Å². The van der Waals surface area contributed by atoms with Crippen LogP contribution in [-0.4, -0.2) is 15.0 Å². The summed E-state index contributed by atoms with van der Waals surface area (Å²) < 4.78 is 13.5. The maximum Gasteiger partial charge on any atom is 0.164 e. The van der Waals surface area contributed by atoms with Crippen LogP contribution in [0.25, 0.3) is 144 Å². The minimum atomic E-state index is 0.572. The average Bonchev–Trinajstić information content (AvgIpc) is 4.00. The third-order valence-electron chi connectivity index (χ3n) is 13.5. The van der Waals surface area contributed by atoms with E-state index in [2.05, 4.69) is 176 Å². The molecular formula is C63H37N3O2. The second-order valence-electron chi connectivity index (χ2n) is 17.4. The highest BCUT2D eigenvalue weighted by Gasteiger charge is 2.21. The molecule has 0 aliphatic carbocycles. The summed E-state index contributed by atoms with van der Waals surface area (Å²) in [5.41, 5.74) is 12.5. The van der Waals surface area contributed by atoms with Gasteiger partial charge in [0.15, 0.2) is 17.5 Å². The van der Waals surface area contributed by atoms with Crippen LogP contribution in [0, 0.1) is 0 Å². The summed E-state index contributed by atoms with van der Waals surface area (Å²) in [6.45, 7) is 0. The van der Waals surface area contributed by atoms with E-state index in [9.17, 15) is 0 Å². The van der Waals surface area contributed by atoms with Gasteiger partial charge in [-0.3, -0.25) is 0 Å². The van der Waals surface area contributed by atoms with E-state index < -0.39 is 0 Å². The molecule has 0 unspecified atom stereocenters. The van der Waals surface area contributed by atoms with Crippen molar-refractivity contribution >= 4 is 76.2 Å². The lowest BCUT2D eigenvalue weighted by molar-refractivity contribution is 0.669. The van der Waals surface area contributed by atoms with Gasteiger partial charge in [-0.05, 0) is 96.5 Å². The van der Waals surface area contributed by atoms with Gasteiger partial charge in [0.1, 0.15) is 22.3 Å². The first-order valence-corrected chi connectivity index (χ1v) is 22.9. The van der Waals surface area contributed by atoms with E-state index >= 15 is 0 Å². The molecule has 0 saturated carbocycles. The summed E-state index contributed by atoms with van der Waals surface area (Å²) in [6, 6.07) is 78.6. The van der Waals surface area contributed by atoms with Crippen LogP contribution < -0.4 is 0 Å². The topological polar surface area (TPSA) is 65.0 Å². The lowest BCUT2D eigenvalue weighted by atomic mass is 9.91. The summed E-state index contributed by atoms with van der Waals surface area (Å²) in [5, 5.41) is 11.6. The second kappa shape index (κ2) is 15.2. The first kappa shape index (κ1) is 38.1. The number of benzene rings is 11. The van der Waals surface area contributed by atoms with E-state index in [1.165, 1.54) is 32.3 Å². The fourth-order valence-electron chi connectivity index (χ4n) is 10.4. The Morgan fingerprint density at radius 1 is 0.235 bits per heavy atom. The van der Waals surface area contributed by atoms with Crippen molar-refractivity contribution in [2.45, 2.75) is 0 Å². The highest BCUT2D eigenvalue weighted by atomic mass is 16.3. The van der Waals surface area contributed by atoms with E-state index in [4.69, 9.17) is 23.8 Å². The van der Waals surface area contributed by atoms with Crippen molar-refractivity contribution in [1.29, 1.82) is 0 Å². The summed E-state index contributed by atoms with van der Waals surface area (Å²) >= 11 is 0. The third kappa shape index (κ3) is 6.06. The van der Waals surface area contributed by atoms with Crippen molar-refractivity contribution in [1.82, 2.24) is 15.0 Å². The van der Waals surface area contributed by atoms with Crippen LogP contribution in [0.2, 0.25) is 0 Å². The largest absolute Gasteiger partial charge is 0.456 e. The molecule has 3 aromatic heterocycles. The van der Waals surface area contributed by atoms with Crippen LogP contribution in [0.1, 0.15) is 0 Å². The molecule has 0 bridgehead atoms. The molecule has 5 nitrogen and oxygen atoms in total. The molecule has 0 atom stereocenters. The van der Waals surface area contributed by atoms with E-state index in [1.54, 1.807) is 0 Å². The maximum absolute atomic E-state index is 6.88. The van der Waals surface area contributed by atoms with Gasteiger partial charge in [0.25, 0.3) is 0 Å². The molecule has 0 aliphatic rings. The lowest BCUT2D eigenvalue weighted by Gasteiger charge is -2.12. The van der Waals surface area contributed by atoms with Gasteiger partial charge in [0, 0.05) is 43.8 Å². The number of rotatable bonds is 6. The zero-order valence-corrected chi connectivity index (χ0v) is 36.5. The van der Waals surface area contributed by atoms with Gasteiger partial charge in [-0.15, -0.1) is 0 Å². The first-order chi connectivity index (χ1) is 33.7. The predicted octanol–water partition coefficient (Wildman–Crippen LogP) is 17.1. The highest BCUT2D eigenvalue weighted by molar-refractivity contribution is 6.26. The Labute approximate surface area is 390 Å². The number of aromatic nitrogens is 3. The van der Waals surface area contributed by atoms with Crippen LogP contribution in [0.4, 0.5) is 0 Å². The predicted molar refractivity (Wildman–Crippen MR) is 280 cm³/mol. The van der Waals surface area contributed by atoms with E-state index in [1.807, 2.05) is 48.5 Å². The molecule has 68 heavy (non-hydrogen) atoms. The quantitative estimate of drug-likeness (QED) is 0.156. The molecule has 5 heteroatoms. The lowest BCUT2D eigenvalue weighted by Crippen LogP contribution is -2.00. The molecule has 316 valence electrons. The number of fused-ring (bicyclic) bond motifs is 12. The number of nitrogens with zero attached hydrogens (tertiary/aromatic N) is 3. The van der Waals surface area contributed by atoms with Gasteiger partial charge in [-0.1, -0.05) is 188 Å². The van der Waals surface area contributed by atoms with E-state index in [-0.39, 0.29) is 0 Å². The molecule has 0 amide bonds. The van der Waals surface area contributed by atoms with Crippen molar-refractivity contribution in [3.05, 3.63) is 224 Å². The van der Waals surface area contributed by atoms with Crippen LogP contribution in [0.3, 0.4) is 0 Å². The Morgan fingerprint density at radius 2 is 0.721 bits per heavy atom. The average molecular weight is 868 g/mol. The van der Waals surface area contributed by atoms with Crippen LogP contribution >= 0.6 is 0 Å². The van der Waals surface area contributed by atoms with Gasteiger partial charge >= 0.3 is 0 Å². The second-order valence-corrected chi connectivity index (χ2v) is 17.4. The molecule has 11 aromatic carbocycles. The molecule has 0 saturated heterocycles. The Hall–Kier alpha value is -9.19. The summed E-state index contributed by atoms with van der Waals surface area (Å²) in [7, 11) is 0. The van der Waals surface area contributed by atoms with Crippen LogP contribution in [0.15, 0.2) is 233 Å². The SMILES string of the molecule is c1ccc(-c2cccc(-c3nc(-c4ccccc4)nc(-c4cccc5oc6ccc(-c7cccc8oc9c(-c%10ccc%11c%12ccccc%12c%12ccccc%12c%11c%10)cccc9c78)cc6c45)n3)c2)cc1. The van der Waals surface area contributed by atoms with Gasteiger partial charge in [-0.2, -0.15) is 0 Å². The van der Waals surface area contributed by atoms with E-state index in [0.29, 0.717) is 17.5 Å². The van der Waals surface area contributed by atoms with Crippen molar-refractivity contribution in [3.8, 4) is 67.5 Å². The summed E-state index contributed by atoms with van der Waals surface area (Å²) in [6.07, 6.45) is 0. The minimum absolute atomic E-state index is 0.572. The van der Waals surface area contributed by atoms with Crippen molar-refractivity contribution < 1.29 is 8.83 Å². The summed E-state index contributed by atoms with van der Waals surface area (Å²) in [5.74, 6) is 1.77. The zero-order valence-electron chi connectivity index (χ0n) is 36.5. The molecule has 14 rings (SSSR count). The van der Waals surface area contributed by atoms with Gasteiger partial charge in [-0.25, -0.2) is 15.0 Å². The molecule has 0 spiro atoms. The molecule has 0 radical (unpaired) electrons. The normalized spacial score (nSPS) is 11.8. The van der Waals surface area contributed by atoms with Crippen molar-refractivity contribution in [2.75, 3.05) is 0 Å². The first-order valence-electron chi connectivity index (χ1n) is 22.9. The number of hydrogen-bond donors (Lipinski definition) is 0. The maximum atomic E-state index is 6.88. The highest BCUT2D eigenvalue weighted by Crippen LogP contribution is 2.45. The molecular weight excluding hydrogens is 831 g/mol. The molecule has 0 aliphatic heterocycles. The fourth-order valence-corrected chi connectivity index (χ4v) is 10.4. The minimum Gasteiger partial charge on any atom is -0.456 e. The zero-order chi connectivity index (χ0) is 44.7. The summed E-state index contributed by atoms with van der Waals surface area (Å²) in [4.78, 5) is 15.5. The van der Waals surface area contributed by atoms with Gasteiger partial charge in [0.2, 0.25) is 0 Å². The standard InChI is InChI=1S/C63H37N3O2/c1-3-15-38(16-4-1)40-19-11-20-43(35-40)62-64-61(39-17-5-2-6-18-39)65-63(66-62)52-28-14-29-56-59(52)54-37-41(32-34-55(54)67-56)44-25-13-30-57-58(44)51-27-12-26-45(60(51)68-57)42-31-33-50-48-23-8-7-21-46(48)47-22-9-10-24-49(47)53(50)36-42/h1-37H. The van der Waals surface area contributed by atoms with E-state index in [0.717, 1.165) is 93.9 Å².